The van der Waals surface area contributed by atoms with E-state index >= 15 is 0 Å². The average Bonchev–Trinajstić information content (AvgIpc) is 1.94. The molecule has 0 amide bonds. The minimum Gasteiger partial charge on any atom is -0.478 e. The number of pyridine rings is 1. The van der Waals surface area contributed by atoms with E-state index in [9.17, 15) is 4.79 Å². The second-order valence-electron chi connectivity index (χ2n) is 2.21. The average molecular weight is 169 g/mol. The van der Waals surface area contributed by atoms with Crippen LogP contribution in [0.3, 0.4) is 0 Å². The van der Waals surface area contributed by atoms with E-state index in [0.29, 0.717) is 5.69 Å². The number of nitrogens with zero attached hydrogens (tertiary/aromatic N) is 1. The van der Waals surface area contributed by atoms with Crippen LogP contribution >= 0.6 is 9.24 Å². The molecule has 1 unspecified atom stereocenters. The molecule has 0 aromatic carbocycles. The van der Waals surface area contributed by atoms with Crippen LogP contribution in [0.2, 0.25) is 0 Å². The van der Waals surface area contributed by atoms with Gasteiger partial charge in [0.2, 0.25) is 0 Å². The van der Waals surface area contributed by atoms with E-state index in [1.807, 2.05) is 0 Å². The first-order valence-electron chi connectivity index (χ1n) is 3.06. The third kappa shape index (κ3) is 1.75. The molecular weight excluding hydrogens is 161 g/mol. The van der Waals surface area contributed by atoms with Crippen molar-refractivity contribution in [1.82, 2.24) is 4.98 Å². The SMILES string of the molecule is Cc1ncc(P)cc1C(=O)O. The van der Waals surface area contributed by atoms with Crippen LogP contribution in [-0.4, -0.2) is 16.1 Å². The Hall–Kier alpha value is -0.950. The molecule has 11 heavy (non-hydrogen) atoms. The molecule has 1 aromatic heterocycles. The lowest BCUT2D eigenvalue weighted by atomic mass is 10.2. The fourth-order valence-corrected chi connectivity index (χ4v) is 1.01. The number of rotatable bonds is 1. The van der Waals surface area contributed by atoms with Gasteiger partial charge in [-0.05, 0) is 18.3 Å². The second kappa shape index (κ2) is 2.97. The Labute approximate surface area is 66.7 Å². The van der Waals surface area contributed by atoms with Crippen molar-refractivity contribution in [3.63, 3.8) is 0 Å². The molecule has 1 atom stereocenters. The predicted octanol–water partition coefficient (Wildman–Crippen LogP) is 0.589. The summed E-state index contributed by atoms with van der Waals surface area (Å²) in [5.74, 6) is -0.931. The number of carboxylic acids is 1. The summed E-state index contributed by atoms with van der Waals surface area (Å²) in [5, 5.41) is 9.43. The Bertz CT molecular complexity index is 298. The fraction of sp³-hybridized carbons (Fsp3) is 0.143. The number of carboxylic acid groups (broad SMARTS) is 1. The number of aromatic carboxylic acids is 1. The largest absolute Gasteiger partial charge is 0.478 e. The van der Waals surface area contributed by atoms with E-state index in [4.69, 9.17) is 5.11 Å². The highest BCUT2D eigenvalue weighted by Crippen LogP contribution is 2.02. The van der Waals surface area contributed by atoms with Crippen molar-refractivity contribution in [3.8, 4) is 0 Å². The molecule has 0 bridgehead atoms. The van der Waals surface area contributed by atoms with Gasteiger partial charge in [0, 0.05) is 6.20 Å². The summed E-state index contributed by atoms with van der Waals surface area (Å²) in [6, 6.07) is 1.58. The lowest BCUT2D eigenvalue weighted by Crippen LogP contribution is -2.06. The number of hydrogen-bond acceptors (Lipinski definition) is 2. The highest BCUT2D eigenvalue weighted by Gasteiger charge is 2.06. The van der Waals surface area contributed by atoms with Gasteiger partial charge in [-0.2, -0.15) is 0 Å². The van der Waals surface area contributed by atoms with Crippen molar-refractivity contribution in [1.29, 1.82) is 0 Å². The Morgan fingerprint density at radius 2 is 2.36 bits per heavy atom. The molecule has 0 spiro atoms. The Kier molecular flexibility index (Phi) is 2.20. The zero-order chi connectivity index (χ0) is 8.43. The minimum absolute atomic E-state index is 0.262. The van der Waals surface area contributed by atoms with Crippen LogP contribution in [0.15, 0.2) is 12.3 Å². The summed E-state index contributed by atoms with van der Waals surface area (Å²) in [4.78, 5) is 14.4. The lowest BCUT2D eigenvalue weighted by molar-refractivity contribution is 0.0695. The topological polar surface area (TPSA) is 50.2 Å². The first-order chi connectivity index (χ1) is 5.11. The van der Waals surface area contributed by atoms with Gasteiger partial charge in [0.15, 0.2) is 0 Å². The lowest BCUT2D eigenvalue weighted by Gasteiger charge is -1.99. The van der Waals surface area contributed by atoms with E-state index in [2.05, 4.69) is 14.2 Å². The maximum absolute atomic E-state index is 10.5. The second-order valence-corrected chi connectivity index (χ2v) is 2.87. The van der Waals surface area contributed by atoms with Crippen LogP contribution in [0.5, 0.6) is 0 Å². The van der Waals surface area contributed by atoms with Gasteiger partial charge in [0.05, 0.1) is 11.3 Å². The Balaban J connectivity index is 3.23. The molecule has 1 N–H and O–H groups in total. The first kappa shape index (κ1) is 8.15. The number of hydrogen-bond donors (Lipinski definition) is 1. The van der Waals surface area contributed by atoms with Crippen molar-refractivity contribution in [2.24, 2.45) is 0 Å². The van der Waals surface area contributed by atoms with Gasteiger partial charge >= 0.3 is 5.97 Å². The van der Waals surface area contributed by atoms with Gasteiger partial charge in [0.1, 0.15) is 0 Å². The molecule has 0 radical (unpaired) electrons. The molecule has 1 rings (SSSR count). The summed E-state index contributed by atoms with van der Waals surface area (Å²) in [7, 11) is 2.41. The molecule has 0 aliphatic heterocycles. The number of carbonyl (C=O) groups is 1. The van der Waals surface area contributed by atoms with Gasteiger partial charge in [-0.3, -0.25) is 4.98 Å². The quantitative estimate of drug-likeness (QED) is 0.626. The molecule has 1 heterocycles. The number of aromatic nitrogens is 1. The molecule has 0 saturated heterocycles. The minimum atomic E-state index is -0.931. The summed E-state index contributed by atoms with van der Waals surface area (Å²) >= 11 is 0. The molecule has 58 valence electrons. The van der Waals surface area contributed by atoms with Crippen LogP contribution in [0.1, 0.15) is 16.1 Å². The third-order valence-electron chi connectivity index (χ3n) is 1.34. The van der Waals surface area contributed by atoms with Crippen LogP contribution in [0.25, 0.3) is 0 Å². The summed E-state index contributed by atoms with van der Waals surface area (Å²) < 4.78 is 0. The van der Waals surface area contributed by atoms with Gasteiger partial charge in [-0.1, -0.05) is 0 Å². The molecule has 0 aliphatic carbocycles. The van der Waals surface area contributed by atoms with Crippen molar-refractivity contribution >= 4 is 20.5 Å². The molecule has 0 saturated carbocycles. The van der Waals surface area contributed by atoms with Crippen molar-refractivity contribution in [2.75, 3.05) is 0 Å². The molecule has 0 aliphatic rings. The van der Waals surface area contributed by atoms with E-state index in [1.54, 1.807) is 19.2 Å². The molecule has 3 nitrogen and oxygen atoms in total. The van der Waals surface area contributed by atoms with Gasteiger partial charge in [-0.25, -0.2) is 4.79 Å². The van der Waals surface area contributed by atoms with Crippen molar-refractivity contribution in [2.45, 2.75) is 6.92 Å². The van der Waals surface area contributed by atoms with Crippen LogP contribution in [-0.2, 0) is 0 Å². The summed E-state index contributed by atoms with van der Waals surface area (Å²) in [5.41, 5.74) is 0.807. The van der Waals surface area contributed by atoms with E-state index in [0.717, 1.165) is 5.30 Å². The van der Waals surface area contributed by atoms with Gasteiger partial charge in [-0.15, -0.1) is 9.24 Å². The molecular formula is C7H8NO2P. The highest BCUT2D eigenvalue weighted by molar-refractivity contribution is 7.27. The maximum Gasteiger partial charge on any atom is 0.337 e. The number of aryl methyl sites for hydroxylation is 1. The van der Waals surface area contributed by atoms with Gasteiger partial charge < -0.3 is 5.11 Å². The predicted molar refractivity (Wildman–Crippen MR) is 45.3 cm³/mol. The zero-order valence-corrected chi connectivity index (χ0v) is 7.19. The molecule has 1 aromatic rings. The van der Waals surface area contributed by atoms with Crippen LogP contribution in [0.4, 0.5) is 0 Å². The zero-order valence-electron chi connectivity index (χ0n) is 6.03. The van der Waals surface area contributed by atoms with Crippen LogP contribution in [0, 0.1) is 6.92 Å². The fourth-order valence-electron chi connectivity index (χ4n) is 0.766. The van der Waals surface area contributed by atoms with Gasteiger partial charge in [0.25, 0.3) is 0 Å². The maximum atomic E-state index is 10.5. The first-order valence-corrected chi connectivity index (χ1v) is 3.64. The van der Waals surface area contributed by atoms with E-state index < -0.39 is 5.97 Å². The smallest absolute Gasteiger partial charge is 0.337 e. The van der Waals surface area contributed by atoms with Crippen molar-refractivity contribution < 1.29 is 9.90 Å². The van der Waals surface area contributed by atoms with Crippen LogP contribution < -0.4 is 5.30 Å². The van der Waals surface area contributed by atoms with E-state index in [-0.39, 0.29) is 5.56 Å². The standard InChI is InChI=1S/C7H8NO2P/c1-4-6(7(9)10)2-5(11)3-8-4/h2-3H,11H2,1H3,(H,9,10). The Morgan fingerprint density at radius 1 is 1.73 bits per heavy atom. The summed E-state index contributed by atoms with van der Waals surface area (Å²) in [6.45, 7) is 1.67. The van der Waals surface area contributed by atoms with Crippen molar-refractivity contribution in [3.05, 3.63) is 23.5 Å². The third-order valence-corrected chi connectivity index (χ3v) is 1.65. The molecule has 0 fully saturated rings. The normalized spacial score (nSPS) is 9.64. The monoisotopic (exact) mass is 169 g/mol. The highest BCUT2D eigenvalue weighted by atomic mass is 31.0. The molecule has 4 heteroatoms. The Morgan fingerprint density at radius 3 is 2.82 bits per heavy atom. The van der Waals surface area contributed by atoms with E-state index in [1.165, 1.54) is 0 Å². The summed E-state index contributed by atoms with van der Waals surface area (Å²) in [6.07, 6.45) is 1.62.